The van der Waals surface area contributed by atoms with E-state index in [0.717, 1.165) is 18.8 Å². The van der Waals surface area contributed by atoms with Crippen molar-refractivity contribution in [2.45, 2.75) is 26.8 Å². The average molecular weight is 297 g/mol. The number of benzene rings is 2. The van der Waals surface area contributed by atoms with Crippen LogP contribution in [-0.2, 0) is 13.0 Å². The maximum absolute atomic E-state index is 5.35. The van der Waals surface area contributed by atoms with Gasteiger partial charge in [0.25, 0.3) is 0 Å². The largest absolute Gasteiger partial charge is 0.304 e. The Labute approximate surface area is 129 Å². The number of nitrogens with one attached hydrogen (secondary N) is 1. The average Bonchev–Trinajstić information content (AvgIpc) is 2.80. The summed E-state index contributed by atoms with van der Waals surface area (Å²) in [5, 5.41) is 9.89. The van der Waals surface area contributed by atoms with Gasteiger partial charge in [-0.05, 0) is 34.5 Å². The zero-order valence-corrected chi connectivity index (χ0v) is 13.2. The molecule has 1 aromatic heterocycles. The number of hydrogen-bond donors (Lipinski definition) is 1. The molecule has 0 bridgehead atoms. The Hall–Kier alpha value is -1.94. The molecule has 0 unspecified atom stereocenters. The fourth-order valence-electron chi connectivity index (χ4n) is 2.66. The molecule has 0 saturated heterocycles. The lowest BCUT2D eigenvalue weighted by molar-refractivity contribution is 0.505. The highest BCUT2D eigenvalue weighted by Gasteiger charge is 2.10. The summed E-state index contributed by atoms with van der Waals surface area (Å²) in [6.07, 6.45) is 0.793. The van der Waals surface area contributed by atoms with Crippen molar-refractivity contribution in [1.29, 1.82) is 0 Å². The van der Waals surface area contributed by atoms with E-state index in [1.54, 1.807) is 0 Å². The van der Waals surface area contributed by atoms with Gasteiger partial charge in [0.05, 0.1) is 0 Å². The minimum atomic E-state index is 0.542. The van der Waals surface area contributed by atoms with Crippen molar-refractivity contribution < 1.29 is 0 Å². The van der Waals surface area contributed by atoms with Crippen LogP contribution in [0.25, 0.3) is 10.8 Å². The van der Waals surface area contributed by atoms with E-state index in [2.05, 4.69) is 71.1 Å². The van der Waals surface area contributed by atoms with E-state index < -0.39 is 0 Å². The number of aromatic amines is 1. The van der Waals surface area contributed by atoms with Crippen molar-refractivity contribution in [2.24, 2.45) is 5.92 Å². The molecule has 1 N–H and O–H groups in total. The molecule has 0 aliphatic rings. The molecule has 108 valence electrons. The fraction of sp³-hybridized carbons (Fsp3) is 0.294. The first-order valence-corrected chi connectivity index (χ1v) is 7.66. The van der Waals surface area contributed by atoms with Gasteiger partial charge in [0.1, 0.15) is 5.82 Å². The lowest BCUT2D eigenvalue weighted by atomic mass is 10.0. The lowest BCUT2D eigenvalue weighted by Crippen LogP contribution is -2.09. The van der Waals surface area contributed by atoms with Crippen LogP contribution in [0.3, 0.4) is 0 Å². The molecule has 0 atom stereocenters. The van der Waals surface area contributed by atoms with E-state index in [4.69, 9.17) is 12.2 Å². The van der Waals surface area contributed by atoms with Crippen LogP contribution in [0.4, 0.5) is 0 Å². The van der Waals surface area contributed by atoms with Crippen LogP contribution in [0.2, 0.25) is 0 Å². The van der Waals surface area contributed by atoms with Gasteiger partial charge < -0.3 is 4.57 Å². The van der Waals surface area contributed by atoms with Gasteiger partial charge in [-0.15, -0.1) is 0 Å². The molecule has 4 heteroatoms. The minimum Gasteiger partial charge on any atom is -0.304 e. The monoisotopic (exact) mass is 297 g/mol. The fourth-order valence-corrected chi connectivity index (χ4v) is 2.88. The molecule has 0 fully saturated rings. The van der Waals surface area contributed by atoms with Crippen LogP contribution < -0.4 is 0 Å². The van der Waals surface area contributed by atoms with Crippen LogP contribution in [0.1, 0.15) is 25.2 Å². The Morgan fingerprint density at radius 3 is 2.71 bits per heavy atom. The van der Waals surface area contributed by atoms with E-state index in [-0.39, 0.29) is 0 Å². The summed E-state index contributed by atoms with van der Waals surface area (Å²) in [6.45, 7) is 5.28. The highest BCUT2D eigenvalue weighted by molar-refractivity contribution is 7.71. The molecule has 3 nitrogen and oxygen atoms in total. The third-order valence-corrected chi connectivity index (χ3v) is 3.93. The summed E-state index contributed by atoms with van der Waals surface area (Å²) in [6, 6.07) is 14.9. The van der Waals surface area contributed by atoms with Crippen molar-refractivity contribution in [3.63, 3.8) is 0 Å². The van der Waals surface area contributed by atoms with Gasteiger partial charge in [-0.2, -0.15) is 5.10 Å². The third kappa shape index (κ3) is 2.90. The predicted octanol–water partition coefficient (Wildman–Crippen LogP) is 4.34. The maximum atomic E-state index is 5.35. The summed E-state index contributed by atoms with van der Waals surface area (Å²) in [5.41, 5.74) is 1.28. The van der Waals surface area contributed by atoms with Crippen molar-refractivity contribution in [2.75, 3.05) is 0 Å². The molecule has 0 radical (unpaired) electrons. The van der Waals surface area contributed by atoms with Gasteiger partial charge in [0.15, 0.2) is 4.77 Å². The molecule has 3 aromatic rings. The lowest BCUT2D eigenvalue weighted by Gasteiger charge is -2.10. The molecule has 0 aliphatic heterocycles. The molecule has 0 spiro atoms. The Balaban J connectivity index is 2.01. The van der Waals surface area contributed by atoms with E-state index in [0.29, 0.717) is 10.7 Å². The smallest absolute Gasteiger partial charge is 0.195 e. The van der Waals surface area contributed by atoms with Gasteiger partial charge in [0, 0.05) is 13.0 Å². The van der Waals surface area contributed by atoms with Crippen molar-refractivity contribution in [1.82, 2.24) is 14.8 Å². The second-order valence-corrected chi connectivity index (χ2v) is 6.15. The summed E-state index contributed by atoms with van der Waals surface area (Å²) >= 11 is 5.35. The number of hydrogen-bond acceptors (Lipinski definition) is 2. The highest BCUT2D eigenvalue weighted by Crippen LogP contribution is 2.21. The first kappa shape index (κ1) is 14.0. The summed E-state index contributed by atoms with van der Waals surface area (Å²) in [5.74, 6) is 1.55. The quantitative estimate of drug-likeness (QED) is 0.727. The Bertz CT molecular complexity index is 809. The summed E-state index contributed by atoms with van der Waals surface area (Å²) < 4.78 is 2.82. The van der Waals surface area contributed by atoms with Gasteiger partial charge in [-0.1, -0.05) is 56.3 Å². The molecule has 2 aromatic carbocycles. The molecule has 1 heterocycles. The molecule has 3 rings (SSSR count). The van der Waals surface area contributed by atoms with Crippen LogP contribution >= 0.6 is 12.2 Å². The first-order valence-electron chi connectivity index (χ1n) is 7.26. The number of H-pyrrole nitrogens is 1. The van der Waals surface area contributed by atoms with Crippen LogP contribution in [0.15, 0.2) is 42.5 Å². The summed E-state index contributed by atoms with van der Waals surface area (Å²) in [7, 11) is 0. The molecular formula is C17H19N3S. The van der Waals surface area contributed by atoms with Gasteiger partial charge in [-0.3, -0.25) is 5.10 Å². The van der Waals surface area contributed by atoms with Crippen LogP contribution in [-0.4, -0.2) is 14.8 Å². The van der Waals surface area contributed by atoms with E-state index in [1.165, 1.54) is 16.3 Å². The Kier molecular flexibility index (Phi) is 3.88. The SMILES string of the molecule is CC(C)Cn1c(Cc2cccc3ccccc23)n[nH]c1=S. The van der Waals surface area contributed by atoms with Gasteiger partial charge >= 0.3 is 0 Å². The number of aromatic nitrogens is 3. The highest BCUT2D eigenvalue weighted by atomic mass is 32.1. The van der Waals surface area contributed by atoms with Crippen molar-refractivity contribution >= 4 is 23.0 Å². The topological polar surface area (TPSA) is 33.6 Å². The maximum Gasteiger partial charge on any atom is 0.195 e. The molecule has 0 amide bonds. The zero-order chi connectivity index (χ0) is 14.8. The molecule has 0 aliphatic carbocycles. The Morgan fingerprint density at radius 2 is 1.90 bits per heavy atom. The third-order valence-electron chi connectivity index (χ3n) is 3.61. The van der Waals surface area contributed by atoms with E-state index in [9.17, 15) is 0 Å². The standard InChI is InChI=1S/C17H19N3S/c1-12(2)11-20-16(18-19-17(20)21)10-14-8-5-7-13-6-3-4-9-15(13)14/h3-9,12H,10-11H2,1-2H3,(H,19,21). The normalized spacial score (nSPS) is 11.4. The number of rotatable bonds is 4. The van der Waals surface area contributed by atoms with E-state index in [1.807, 2.05) is 0 Å². The second-order valence-electron chi connectivity index (χ2n) is 5.76. The Morgan fingerprint density at radius 1 is 1.14 bits per heavy atom. The predicted molar refractivity (Wildman–Crippen MR) is 89.0 cm³/mol. The van der Waals surface area contributed by atoms with Gasteiger partial charge in [0.2, 0.25) is 0 Å². The number of fused-ring (bicyclic) bond motifs is 1. The van der Waals surface area contributed by atoms with Gasteiger partial charge in [-0.25, -0.2) is 0 Å². The van der Waals surface area contributed by atoms with Crippen LogP contribution in [0.5, 0.6) is 0 Å². The molecular weight excluding hydrogens is 278 g/mol. The molecule has 21 heavy (non-hydrogen) atoms. The zero-order valence-electron chi connectivity index (χ0n) is 12.3. The van der Waals surface area contributed by atoms with Crippen LogP contribution in [0, 0.1) is 10.7 Å². The van der Waals surface area contributed by atoms with Crippen molar-refractivity contribution in [3.8, 4) is 0 Å². The minimum absolute atomic E-state index is 0.542. The van der Waals surface area contributed by atoms with Crippen molar-refractivity contribution in [3.05, 3.63) is 58.6 Å². The summed E-state index contributed by atoms with van der Waals surface area (Å²) in [4.78, 5) is 0. The van der Waals surface area contributed by atoms with E-state index >= 15 is 0 Å². The molecule has 0 saturated carbocycles. The second kappa shape index (κ2) is 5.82. The first-order chi connectivity index (χ1) is 10.1. The number of nitrogens with zero attached hydrogens (tertiary/aromatic N) is 2.